The Bertz CT molecular complexity index is 803. The normalized spacial score (nSPS) is 10.6. The van der Waals surface area contributed by atoms with Crippen molar-refractivity contribution in [2.75, 3.05) is 5.73 Å². The van der Waals surface area contributed by atoms with Crippen molar-refractivity contribution in [3.05, 3.63) is 66.0 Å². The predicted molar refractivity (Wildman–Crippen MR) is 85.2 cm³/mol. The molecule has 0 saturated heterocycles. The number of hydrogen-bond donors (Lipinski definition) is 2. The maximum Gasteiger partial charge on any atom is 0.162 e. The third-order valence-electron chi connectivity index (χ3n) is 3.37. The van der Waals surface area contributed by atoms with Crippen LogP contribution in [0.1, 0.15) is 5.56 Å². The van der Waals surface area contributed by atoms with Gasteiger partial charge in [0, 0.05) is 23.2 Å². The SMILES string of the molecule is NCc1c(N)nc(-c2ccccc2)nc1-c1cccc(F)c1. The van der Waals surface area contributed by atoms with Crippen LogP contribution in [-0.4, -0.2) is 9.97 Å². The van der Waals surface area contributed by atoms with Crippen molar-refractivity contribution in [2.24, 2.45) is 5.73 Å². The Kier molecular flexibility index (Phi) is 3.80. The van der Waals surface area contributed by atoms with Crippen LogP contribution in [0.2, 0.25) is 0 Å². The minimum Gasteiger partial charge on any atom is -0.383 e. The second kappa shape index (κ2) is 5.91. The zero-order chi connectivity index (χ0) is 15.5. The average Bonchev–Trinajstić information content (AvgIpc) is 2.55. The molecule has 4 N–H and O–H groups in total. The van der Waals surface area contributed by atoms with Crippen LogP contribution in [0.25, 0.3) is 22.6 Å². The lowest BCUT2D eigenvalue weighted by atomic mass is 10.1. The molecule has 3 aromatic rings. The van der Waals surface area contributed by atoms with E-state index in [1.54, 1.807) is 12.1 Å². The van der Waals surface area contributed by atoms with Crippen molar-refractivity contribution in [1.29, 1.82) is 0 Å². The number of benzene rings is 2. The van der Waals surface area contributed by atoms with E-state index >= 15 is 0 Å². The number of aromatic nitrogens is 2. The second-order valence-electron chi connectivity index (χ2n) is 4.84. The van der Waals surface area contributed by atoms with Crippen molar-refractivity contribution in [3.8, 4) is 22.6 Å². The van der Waals surface area contributed by atoms with Gasteiger partial charge >= 0.3 is 0 Å². The van der Waals surface area contributed by atoms with E-state index < -0.39 is 0 Å². The molecular formula is C17H15FN4. The first-order valence-electron chi connectivity index (χ1n) is 6.87. The Morgan fingerprint density at radius 2 is 1.64 bits per heavy atom. The zero-order valence-electron chi connectivity index (χ0n) is 11.8. The average molecular weight is 294 g/mol. The fourth-order valence-corrected chi connectivity index (χ4v) is 2.29. The summed E-state index contributed by atoms with van der Waals surface area (Å²) in [4.78, 5) is 8.86. The number of halogens is 1. The molecule has 110 valence electrons. The maximum absolute atomic E-state index is 13.5. The highest BCUT2D eigenvalue weighted by Gasteiger charge is 2.14. The van der Waals surface area contributed by atoms with Crippen molar-refractivity contribution in [2.45, 2.75) is 6.54 Å². The van der Waals surface area contributed by atoms with Crippen LogP contribution in [0.4, 0.5) is 10.2 Å². The number of rotatable bonds is 3. The molecule has 0 aliphatic carbocycles. The van der Waals surface area contributed by atoms with E-state index in [2.05, 4.69) is 9.97 Å². The zero-order valence-corrected chi connectivity index (χ0v) is 11.8. The quantitative estimate of drug-likeness (QED) is 0.778. The molecule has 3 rings (SSSR count). The van der Waals surface area contributed by atoms with Crippen LogP contribution in [0.15, 0.2) is 54.6 Å². The molecule has 2 aromatic carbocycles. The maximum atomic E-state index is 13.5. The van der Waals surface area contributed by atoms with Gasteiger partial charge in [-0.1, -0.05) is 42.5 Å². The number of anilines is 1. The lowest BCUT2D eigenvalue weighted by Crippen LogP contribution is -2.09. The third kappa shape index (κ3) is 2.66. The molecule has 22 heavy (non-hydrogen) atoms. The van der Waals surface area contributed by atoms with Gasteiger partial charge in [-0.05, 0) is 12.1 Å². The molecule has 0 saturated carbocycles. The van der Waals surface area contributed by atoms with Crippen LogP contribution in [-0.2, 0) is 6.54 Å². The largest absolute Gasteiger partial charge is 0.383 e. The minimum atomic E-state index is -0.334. The molecule has 0 aliphatic heterocycles. The Morgan fingerprint density at radius 1 is 0.909 bits per heavy atom. The summed E-state index contributed by atoms with van der Waals surface area (Å²) in [5.74, 6) is 0.476. The molecule has 0 spiro atoms. The highest BCUT2D eigenvalue weighted by atomic mass is 19.1. The molecule has 1 heterocycles. The molecule has 0 amide bonds. The minimum absolute atomic E-state index is 0.187. The van der Waals surface area contributed by atoms with Gasteiger partial charge in [0.15, 0.2) is 5.82 Å². The van der Waals surface area contributed by atoms with E-state index in [-0.39, 0.29) is 12.4 Å². The molecule has 1 aromatic heterocycles. The summed E-state index contributed by atoms with van der Waals surface area (Å²) < 4.78 is 13.5. The lowest BCUT2D eigenvalue weighted by molar-refractivity contribution is 0.628. The second-order valence-corrected chi connectivity index (χ2v) is 4.84. The van der Waals surface area contributed by atoms with Crippen LogP contribution in [0.3, 0.4) is 0 Å². The molecule has 0 aliphatic rings. The monoisotopic (exact) mass is 294 g/mol. The summed E-state index contributed by atoms with van der Waals surface area (Å²) >= 11 is 0. The van der Waals surface area contributed by atoms with Gasteiger partial charge in [0.05, 0.1) is 5.69 Å². The standard InChI is InChI=1S/C17H15FN4/c18-13-8-4-7-12(9-13)15-14(10-19)16(20)22-17(21-15)11-5-2-1-3-6-11/h1-9H,10,19H2,(H2,20,21,22). The fourth-order valence-electron chi connectivity index (χ4n) is 2.29. The highest BCUT2D eigenvalue weighted by Crippen LogP contribution is 2.28. The van der Waals surface area contributed by atoms with Crippen molar-refractivity contribution in [3.63, 3.8) is 0 Å². The van der Waals surface area contributed by atoms with Crippen LogP contribution >= 0.6 is 0 Å². The number of nitrogen functional groups attached to an aromatic ring is 1. The summed E-state index contributed by atoms with van der Waals surface area (Å²) in [5, 5.41) is 0. The highest BCUT2D eigenvalue weighted by molar-refractivity contribution is 5.71. The Labute approximate surface area is 127 Å². The molecule has 0 fully saturated rings. The molecular weight excluding hydrogens is 279 g/mol. The van der Waals surface area contributed by atoms with Crippen molar-refractivity contribution in [1.82, 2.24) is 9.97 Å². The van der Waals surface area contributed by atoms with E-state index in [0.717, 1.165) is 5.56 Å². The van der Waals surface area contributed by atoms with Gasteiger partial charge in [0.25, 0.3) is 0 Å². The van der Waals surface area contributed by atoms with Gasteiger partial charge in [0.2, 0.25) is 0 Å². The molecule has 0 atom stereocenters. The van der Waals surface area contributed by atoms with Gasteiger partial charge < -0.3 is 11.5 Å². The first-order valence-corrected chi connectivity index (χ1v) is 6.87. The molecule has 0 radical (unpaired) electrons. The molecule has 5 heteroatoms. The van der Waals surface area contributed by atoms with E-state index in [4.69, 9.17) is 11.5 Å². The molecule has 0 unspecified atom stereocenters. The Morgan fingerprint density at radius 3 is 2.32 bits per heavy atom. The van der Waals surface area contributed by atoms with Gasteiger partial charge in [-0.3, -0.25) is 0 Å². The van der Waals surface area contributed by atoms with E-state index in [1.807, 2.05) is 30.3 Å². The van der Waals surface area contributed by atoms with Crippen molar-refractivity contribution < 1.29 is 4.39 Å². The smallest absolute Gasteiger partial charge is 0.162 e. The summed E-state index contributed by atoms with van der Waals surface area (Å²) in [6.07, 6.45) is 0. The molecule has 0 bridgehead atoms. The fraction of sp³-hybridized carbons (Fsp3) is 0.0588. The molecule has 4 nitrogen and oxygen atoms in total. The topological polar surface area (TPSA) is 77.8 Å². The Hall–Kier alpha value is -2.79. The van der Waals surface area contributed by atoms with E-state index in [1.165, 1.54) is 12.1 Å². The van der Waals surface area contributed by atoms with Crippen LogP contribution in [0.5, 0.6) is 0 Å². The first kappa shape index (κ1) is 14.2. The number of nitrogens with two attached hydrogens (primary N) is 2. The lowest BCUT2D eigenvalue weighted by Gasteiger charge is -2.12. The third-order valence-corrected chi connectivity index (χ3v) is 3.37. The summed E-state index contributed by atoms with van der Waals surface area (Å²) in [6, 6.07) is 15.7. The summed E-state index contributed by atoms with van der Waals surface area (Å²) in [6.45, 7) is 0.187. The summed E-state index contributed by atoms with van der Waals surface area (Å²) in [7, 11) is 0. The first-order chi connectivity index (χ1) is 10.7. The van der Waals surface area contributed by atoms with E-state index in [9.17, 15) is 4.39 Å². The van der Waals surface area contributed by atoms with Gasteiger partial charge in [-0.15, -0.1) is 0 Å². The summed E-state index contributed by atoms with van der Waals surface area (Å²) in [5.41, 5.74) is 14.4. The predicted octanol–water partition coefficient (Wildman–Crippen LogP) is 2.99. The van der Waals surface area contributed by atoms with Gasteiger partial charge in [-0.25, -0.2) is 14.4 Å². The van der Waals surface area contributed by atoms with Crippen LogP contribution in [0, 0.1) is 5.82 Å². The van der Waals surface area contributed by atoms with Gasteiger partial charge in [-0.2, -0.15) is 0 Å². The number of nitrogens with zero attached hydrogens (tertiary/aromatic N) is 2. The van der Waals surface area contributed by atoms with Gasteiger partial charge in [0.1, 0.15) is 11.6 Å². The van der Waals surface area contributed by atoms with Crippen LogP contribution < -0.4 is 11.5 Å². The van der Waals surface area contributed by atoms with Crippen molar-refractivity contribution >= 4 is 5.82 Å². The van der Waals surface area contributed by atoms with E-state index in [0.29, 0.717) is 28.5 Å². The number of hydrogen-bond acceptors (Lipinski definition) is 4. The Balaban J connectivity index is 2.22.